The molecule has 0 aliphatic carbocycles. The third kappa shape index (κ3) is 3.61. The molecule has 0 fully saturated rings. The summed E-state index contributed by atoms with van der Waals surface area (Å²) in [5.74, 6) is 1.63. The lowest BCUT2D eigenvalue weighted by atomic mass is 10.1. The van der Waals surface area contributed by atoms with E-state index in [1.54, 1.807) is 25.6 Å². The number of thiazole rings is 1. The summed E-state index contributed by atoms with van der Waals surface area (Å²) in [5, 5.41) is 2.08. The van der Waals surface area contributed by atoms with Gasteiger partial charge in [0.05, 0.1) is 25.6 Å². The van der Waals surface area contributed by atoms with Crippen molar-refractivity contribution >= 4 is 16.3 Å². The first-order chi connectivity index (χ1) is 13.7. The normalized spacial score (nSPS) is 11.3. The number of aromatic nitrogens is 2. The summed E-state index contributed by atoms with van der Waals surface area (Å²) >= 11 is 1.66. The van der Waals surface area contributed by atoms with E-state index in [1.807, 2.05) is 18.2 Å². The van der Waals surface area contributed by atoms with Crippen molar-refractivity contribution in [2.24, 2.45) is 0 Å². The molecule has 0 N–H and O–H groups in total. The first-order valence-corrected chi connectivity index (χ1v) is 9.97. The van der Waals surface area contributed by atoms with Gasteiger partial charge in [0.2, 0.25) is 0 Å². The van der Waals surface area contributed by atoms with Crippen LogP contribution >= 0.6 is 11.3 Å². The lowest BCUT2D eigenvalue weighted by Crippen LogP contribution is -2.19. The SMILES string of the molecule is COc1ccc(CN(C)Cc2c(-c3ccccc3)nc3sccn23)c(OC)c1. The Labute approximate surface area is 168 Å². The highest BCUT2D eigenvalue weighted by atomic mass is 32.1. The number of benzene rings is 2. The zero-order valence-corrected chi connectivity index (χ0v) is 17.1. The van der Waals surface area contributed by atoms with Gasteiger partial charge in [0.15, 0.2) is 4.96 Å². The molecule has 2 aromatic heterocycles. The van der Waals surface area contributed by atoms with Gasteiger partial charge in [-0.3, -0.25) is 9.30 Å². The molecule has 4 aromatic rings. The van der Waals surface area contributed by atoms with Gasteiger partial charge in [0, 0.05) is 41.9 Å². The summed E-state index contributed by atoms with van der Waals surface area (Å²) in [7, 11) is 5.47. The van der Waals surface area contributed by atoms with Crippen LogP contribution in [0, 0.1) is 0 Å². The van der Waals surface area contributed by atoms with Gasteiger partial charge < -0.3 is 9.47 Å². The van der Waals surface area contributed by atoms with E-state index in [0.29, 0.717) is 0 Å². The van der Waals surface area contributed by atoms with Crippen LogP contribution in [-0.2, 0) is 13.1 Å². The Morgan fingerprint density at radius 3 is 2.61 bits per heavy atom. The fraction of sp³-hybridized carbons (Fsp3) is 0.227. The number of imidazole rings is 1. The molecule has 0 saturated heterocycles. The zero-order valence-electron chi connectivity index (χ0n) is 16.3. The molecule has 0 spiro atoms. The largest absolute Gasteiger partial charge is 0.497 e. The molecular formula is C22H23N3O2S. The second-order valence-electron chi connectivity index (χ2n) is 6.68. The molecule has 0 radical (unpaired) electrons. The topological polar surface area (TPSA) is 39.0 Å². The van der Waals surface area contributed by atoms with Crippen LogP contribution in [-0.4, -0.2) is 35.6 Å². The van der Waals surface area contributed by atoms with Crippen LogP contribution in [0.5, 0.6) is 11.5 Å². The Kier molecular flexibility index (Phi) is 5.32. The van der Waals surface area contributed by atoms with Gasteiger partial charge in [0.1, 0.15) is 11.5 Å². The summed E-state index contributed by atoms with van der Waals surface area (Å²) in [6.07, 6.45) is 2.09. The third-order valence-electron chi connectivity index (χ3n) is 4.76. The van der Waals surface area contributed by atoms with E-state index in [0.717, 1.165) is 46.4 Å². The minimum atomic E-state index is 0.763. The van der Waals surface area contributed by atoms with Crippen LogP contribution in [0.2, 0.25) is 0 Å². The van der Waals surface area contributed by atoms with Gasteiger partial charge >= 0.3 is 0 Å². The Balaban J connectivity index is 1.62. The van der Waals surface area contributed by atoms with Crippen molar-refractivity contribution in [3.8, 4) is 22.8 Å². The molecular weight excluding hydrogens is 370 g/mol. The van der Waals surface area contributed by atoms with Crippen LogP contribution in [0.1, 0.15) is 11.3 Å². The lowest BCUT2D eigenvalue weighted by Gasteiger charge is -2.19. The van der Waals surface area contributed by atoms with Crippen molar-refractivity contribution in [3.05, 3.63) is 71.4 Å². The maximum atomic E-state index is 5.55. The number of hydrogen-bond acceptors (Lipinski definition) is 5. The number of methoxy groups -OCH3 is 2. The summed E-state index contributed by atoms with van der Waals surface area (Å²) in [5.41, 5.74) is 4.50. The van der Waals surface area contributed by atoms with Crippen molar-refractivity contribution in [2.75, 3.05) is 21.3 Å². The van der Waals surface area contributed by atoms with Crippen LogP contribution in [0.25, 0.3) is 16.2 Å². The average Bonchev–Trinajstić information content (AvgIpc) is 3.31. The summed E-state index contributed by atoms with van der Waals surface area (Å²) in [6.45, 7) is 1.54. The molecule has 0 aliphatic rings. The van der Waals surface area contributed by atoms with Gasteiger partial charge in [-0.05, 0) is 13.1 Å². The summed E-state index contributed by atoms with van der Waals surface area (Å²) in [4.78, 5) is 8.17. The Bertz CT molecular complexity index is 1070. The molecule has 2 heterocycles. The van der Waals surface area contributed by atoms with E-state index in [9.17, 15) is 0 Å². The number of hydrogen-bond donors (Lipinski definition) is 0. The van der Waals surface area contributed by atoms with E-state index in [4.69, 9.17) is 14.5 Å². The zero-order chi connectivity index (χ0) is 19.5. The van der Waals surface area contributed by atoms with Crippen LogP contribution in [0.3, 0.4) is 0 Å². The minimum Gasteiger partial charge on any atom is -0.497 e. The predicted octanol–water partition coefficient (Wildman–Crippen LogP) is 4.71. The summed E-state index contributed by atoms with van der Waals surface area (Å²) < 4.78 is 13.0. The number of ether oxygens (including phenoxy) is 2. The van der Waals surface area contributed by atoms with Crippen molar-refractivity contribution in [2.45, 2.75) is 13.1 Å². The maximum Gasteiger partial charge on any atom is 0.194 e. The average molecular weight is 394 g/mol. The molecule has 0 bridgehead atoms. The Morgan fingerprint density at radius 2 is 1.86 bits per heavy atom. The number of nitrogens with zero attached hydrogens (tertiary/aromatic N) is 3. The van der Waals surface area contributed by atoms with Gasteiger partial charge in [-0.15, -0.1) is 11.3 Å². The van der Waals surface area contributed by atoms with Crippen LogP contribution < -0.4 is 9.47 Å². The first kappa shape index (κ1) is 18.5. The highest BCUT2D eigenvalue weighted by Gasteiger charge is 2.17. The molecule has 0 aliphatic heterocycles. The molecule has 2 aromatic carbocycles. The molecule has 0 atom stereocenters. The quantitative estimate of drug-likeness (QED) is 0.456. The Hall–Kier alpha value is -2.83. The highest BCUT2D eigenvalue weighted by molar-refractivity contribution is 7.15. The highest BCUT2D eigenvalue weighted by Crippen LogP contribution is 2.29. The van der Waals surface area contributed by atoms with E-state index in [-0.39, 0.29) is 0 Å². The van der Waals surface area contributed by atoms with Gasteiger partial charge in [-0.25, -0.2) is 4.98 Å². The van der Waals surface area contributed by atoms with Crippen LogP contribution in [0.15, 0.2) is 60.1 Å². The second kappa shape index (κ2) is 8.04. The third-order valence-corrected chi connectivity index (χ3v) is 5.52. The van der Waals surface area contributed by atoms with Crippen molar-refractivity contribution in [1.29, 1.82) is 0 Å². The smallest absolute Gasteiger partial charge is 0.194 e. The number of fused-ring (bicyclic) bond motifs is 1. The van der Waals surface area contributed by atoms with E-state index in [2.05, 4.69) is 58.3 Å². The molecule has 6 heteroatoms. The maximum absolute atomic E-state index is 5.55. The standard InChI is InChI=1S/C22H23N3O2S/c1-24(14-17-9-10-18(26-2)13-20(17)27-3)15-19-21(16-7-5-4-6-8-16)23-22-25(19)11-12-28-22/h4-13H,14-15H2,1-3H3. The Morgan fingerprint density at radius 1 is 1.04 bits per heavy atom. The van der Waals surface area contributed by atoms with E-state index in [1.165, 1.54) is 5.69 Å². The fourth-order valence-electron chi connectivity index (χ4n) is 3.40. The van der Waals surface area contributed by atoms with E-state index >= 15 is 0 Å². The van der Waals surface area contributed by atoms with Crippen molar-refractivity contribution < 1.29 is 9.47 Å². The van der Waals surface area contributed by atoms with E-state index < -0.39 is 0 Å². The molecule has 0 saturated carbocycles. The molecule has 5 nitrogen and oxygen atoms in total. The van der Waals surface area contributed by atoms with Crippen molar-refractivity contribution in [3.63, 3.8) is 0 Å². The van der Waals surface area contributed by atoms with Crippen LogP contribution in [0.4, 0.5) is 0 Å². The lowest BCUT2D eigenvalue weighted by molar-refractivity contribution is 0.305. The molecule has 0 unspecified atom stereocenters. The molecule has 144 valence electrons. The molecule has 28 heavy (non-hydrogen) atoms. The molecule has 0 amide bonds. The minimum absolute atomic E-state index is 0.763. The first-order valence-electron chi connectivity index (χ1n) is 9.09. The fourth-order valence-corrected chi connectivity index (χ4v) is 4.13. The number of rotatable bonds is 7. The van der Waals surface area contributed by atoms with Gasteiger partial charge in [0.25, 0.3) is 0 Å². The van der Waals surface area contributed by atoms with Gasteiger partial charge in [-0.2, -0.15) is 0 Å². The second-order valence-corrected chi connectivity index (χ2v) is 7.55. The van der Waals surface area contributed by atoms with Gasteiger partial charge in [-0.1, -0.05) is 36.4 Å². The van der Waals surface area contributed by atoms with Crippen molar-refractivity contribution in [1.82, 2.24) is 14.3 Å². The monoisotopic (exact) mass is 393 g/mol. The molecule has 4 rings (SSSR count). The predicted molar refractivity (Wildman–Crippen MR) is 113 cm³/mol. The summed E-state index contributed by atoms with van der Waals surface area (Å²) in [6, 6.07) is 16.3.